The second kappa shape index (κ2) is 14.4. The summed E-state index contributed by atoms with van der Waals surface area (Å²) in [5.74, 6) is 2.00. The zero-order valence-corrected chi connectivity index (χ0v) is 28.7. The number of ether oxygens (including phenoxy) is 1. The minimum absolute atomic E-state index is 0.0413. The molecular weight excluding hydrogens is 631 g/mol. The standard InChI is InChI=1S/C33H43N11O3S/c1-6-22-20-27(32(47-5)41-31(22)44-14-10-24(11-15-44)43-18-16-42(4)17-19-43)39-33-37-21-23(7-2)30(40-33)38-26-9-8-25-28(36-13-12-35-25)29(26)48(45,46)34-3/h7-9,12-13,20-21,24,34H,2,6,10-11,14-19H2,1,3-5H3,(H2,37,38,39,40). The molecule has 6 rings (SSSR count). The molecule has 3 N–H and O–H groups in total. The molecule has 5 heterocycles. The Bertz CT molecular complexity index is 1890. The fraction of sp³-hybridized carbons (Fsp3) is 0.424. The Kier molecular flexibility index (Phi) is 10.0. The van der Waals surface area contributed by atoms with Crippen LogP contribution >= 0.6 is 0 Å². The SMILES string of the molecule is C=Cc1cnc(Nc2cc(CC)c(N3CCC(N4CCN(C)CC4)CC3)nc2OC)nc1Nc1ccc2nccnc2c1S(=O)(=O)NC. The van der Waals surface area contributed by atoms with Gasteiger partial charge in [-0.05, 0) is 57.1 Å². The first kappa shape index (κ1) is 33.5. The maximum atomic E-state index is 13.1. The smallest absolute Gasteiger partial charge is 0.244 e. The summed E-state index contributed by atoms with van der Waals surface area (Å²) < 4.78 is 34.5. The van der Waals surface area contributed by atoms with Gasteiger partial charge in [-0.15, -0.1) is 0 Å². The average molecular weight is 674 g/mol. The van der Waals surface area contributed by atoms with Crippen LogP contribution in [0.15, 0.2) is 48.3 Å². The van der Waals surface area contributed by atoms with E-state index in [9.17, 15) is 8.42 Å². The van der Waals surface area contributed by atoms with Crippen molar-refractivity contribution in [1.29, 1.82) is 0 Å². The van der Waals surface area contributed by atoms with E-state index in [0.29, 0.717) is 34.5 Å². The van der Waals surface area contributed by atoms with E-state index in [1.165, 1.54) is 19.4 Å². The summed E-state index contributed by atoms with van der Waals surface area (Å²) in [5, 5.41) is 6.45. The van der Waals surface area contributed by atoms with Crippen LogP contribution in [0.2, 0.25) is 0 Å². The molecule has 14 nitrogen and oxygen atoms in total. The average Bonchev–Trinajstić information content (AvgIpc) is 3.11. The molecule has 0 atom stereocenters. The van der Waals surface area contributed by atoms with E-state index in [0.717, 1.165) is 69.9 Å². The van der Waals surface area contributed by atoms with Crippen LogP contribution in [0, 0.1) is 0 Å². The first-order valence-electron chi connectivity index (χ1n) is 16.2. The Morgan fingerprint density at radius 3 is 2.44 bits per heavy atom. The maximum Gasteiger partial charge on any atom is 0.244 e. The number of aryl methyl sites for hydroxylation is 1. The summed E-state index contributed by atoms with van der Waals surface area (Å²) in [6.07, 6.45) is 9.18. The molecule has 2 fully saturated rings. The molecule has 2 aliphatic heterocycles. The van der Waals surface area contributed by atoms with Crippen LogP contribution in [-0.4, -0.2) is 110 Å². The normalized spacial score (nSPS) is 16.6. The Morgan fingerprint density at radius 1 is 1.00 bits per heavy atom. The van der Waals surface area contributed by atoms with Crippen molar-refractivity contribution in [3.8, 4) is 5.88 Å². The van der Waals surface area contributed by atoms with Gasteiger partial charge in [0.25, 0.3) is 0 Å². The zero-order chi connectivity index (χ0) is 33.8. The highest BCUT2D eigenvalue weighted by molar-refractivity contribution is 7.89. The zero-order valence-electron chi connectivity index (χ0n) is 27.9. The van der Waals surface area contributed by atoms with E-state index in [-0.39, 0.29) is 22.0 Å². The highest BCUT2D eigenvalue weighted by Gasteiger charge is 2.29. The number of methoxy groups -OCH3 is 1. The fourth-order valence-corrected chi connectivity index (χ4v) is 7.39. The van der Waals surface area contributed by atoms with Gasteiger partial charge >= 0.3 is 0 Å². The van der Waals surface area contributed by atoms with Crippen molar-refractivity contribution in [2.24, 2.45) is 0 Å². The Hall–Kier alpha value is -4.44. The van der Waals surface area contributed by atoms with Gasteiger partial charge in [0.05, 0.1) is 18.3 Å². The molecule has 0 bridgehead atoms. The predicted octanol–water partition coefficient (Wildman–Crippen LogP) is 3.64. The van der Waals surface area contributed by atoms with Crippen molar-refractivity contribution in [1.82, 2.24) is 39.4 Å². The van der Waals surface area contributed by atoms with Gasteiger partial charge in [0.2, 0.25) is 21.9 Å². The van der Waals surface area contributed by atoms with Crippen molar-refractivity contribution >= 4 is 56.1 Å². The molecule has 4 aromatic rings. The molecular formula is C33H43N11O3S. The molecule has 254 valence electrons. The van der Waals surface area contributed by atoms with E-state index in [2.05, 4.69) is 65.6 Å². The fourth-order valence-electron chi connectivity index (χ4n) is 6.37. The molecule has 2 saturated heterocycles. The van der Waals surface area contributed by atoms with Crippen LogP contribution < -0.4 is 25.0 Å². The molecule has 0 unspecified atom stereocenters. The van der Waals surface area contributed by atoms with E-state index in [4.69, 9.17) is 14.7 Å². The molecule has 0 saturated carbocycles. The minimum atomic E-state index is -3.93. The largest absolute Gasteiger partial charge is 0.479 e. The second-order valence-corrected chi connectivity index (χ2v) is 13.8. The van der Waals surface area contributed by atoms with Gasteiger partial charge < -0.3 is 25.2 Å². The van der Waals surface area contributed by atoms with E-state index in [1.807, 2.05) is 6.07 Å². The Labute approximate surface area is 281 Å². The van der Waals surface area contributed by atoms with Crippen LogP contribution in [0.3, 0.4) is 0 Å². The number of likely N-dealkylation sites (N-methyl/N-ethyl adjacent to an activating group) is 1. The Morgan fingerprint density at radius 2 is 1.75 bits per heavy atom. The summed E-state index contributed by atoms with van der Waals surface area (Å²) in [6.45, 7) is 12.4. The van der Waals surface area contributed by atoms with Crippen LogP contribution in [0.4, 0.5) is 29.0 Å². The number of rotatable bonds is 11. The third-order valence-electron chi connectivity index (χ3n) is 9.10. The molecule has 0 spiro atoms. The number of hydrogen-bond donors (Lipinski definition) is 3. The molecule has 1 aromatic carbocycles. The Balaban J connectivity index is 1.26. The number of pyridine rings is 1. The van der Waals surface area contributed by atoms with Gasteiger partial charge in [0.1, 0.15) is 27.7 Å². The highest BCUT2D eigenvalue weighted by Crippen LogP contribution is 2.35. The predicted molar refractivity (Wildman–Crippen MR) is 189 cm³/mol. The summed E-state index contributed by atoms with van der Waals surface area (Å²) in [6, 6.07) is 5.99. The van der Waals surface area contributed by atoms with Gasteiger partial charge in [-0.25, -0.2) is 18.1 Å². The quantitative estimate of drug-likeness (QED) is 0.213. The lowest BCUT2D eigenvalue weighted by molar-refractivity contribution is 0.0981. The summed E-state index contributed by atoms with van der Waals surface area (Å²) in [5.41, 5.74) is 3.25. The van der Waals surface area contributed by atoms with Crippen LogP contribution in [0.25, 0.3) is 17.1 Å². The number of nitrogens with one attached hydrogen (secondary N) is 3. The lowest BCUT2D eigenvalue weighted by Crippen LogP contribution is -2.52. The third-order valence-corrected chi connectivity index (χ3v) is 10.6. The number of anilines is 5. The van der Waals surface area contributed by atoms with Gasteiger partial charge in [-0.1, -0.05) is 19.6 Å². The lowest BCUT2D eigenvalue weighted by Gasteiger charge is -2.42. The molecule has 0 amide bonds. The number of fused-ring (bicyclic) bond motifs is 1. The molecule has 3 aromatic heterocycles. The molecule has 0 radical (unpaired) electrons. The van der Waals surface area contributed by atoms with E-state index in [1.54, 1.807) is 31.5 Å². The summed E-state index contributed by atoms with van der Waals surface area (Å²) in [4.78, 5) is 30.1. The molecule has 15 heteroatoms. The van der Waals surface area contributed by atoms with Gasteiger partial charge in [0.15, 0.2) is 0 Å². The first-order valence-corrected chi connectivity index (χ1v) is 17.7. The topological polar surface area (TPSA) is 154 Å². The number of sulfonamides is 1. The molecule has 48 heavy (non-hydrogen) atoms. The number of aromatic nitrogens is 5. The minimum Gasteiger partial charge on any atom is -0.479 e. The van der Waals surface area contributed by atoms with Crippen molar-refractivity contribution in [2.75, 3.05) is 76.0 Å². The van der Waals surface area contributed by atoms with Crippen molar-refractivity contribution in [3.05, 3.63) is 54.5 Å². The maximum absolute atomic E-state index is 13.1. The highest BCUT2D eigenvalue weighted by atomic mass is 32.2. The van der Waals surface area contributed by atoms with Gasteiger partial charge in [-0.3, -0.25) is 14.9 Å². The van der Waals surface area contributed by atoms with E-state index >= 15 is 0 Å². The number of nitrogens with zero attached hydrogens (tertiary/aromatic N) is 8. The van der Waals surface area contributed by atoms with Crippen LogP contribution in [-0.2, 0) is 16.4 Å². The van der Waals surface area contributed by atoms with Crippen molar-refractivity contribution < 1.29 is 13.2 Å². The lowest BCUT2D eigenvalue weighted by atomic mass is 10.0. The first-order chi connectivity index (χ1) is 23.2. The number of hydrogen-bond acceptors (Lipinski definition) is 13. The number of piperidine rings is 1. The molecule has 2 aliphatic rings. The molecule has 0 aliphatic carbocycles. The van der Waals surface area contributed by atoms with Crippen LogP contribution in [0.1, 0.15) is 30.9 Å². The third kappa shape index (κ3) is 6.90. The van der Waals surface area contributed by atoms with Gasteiger partial charge in [0, 0.05) is 69.5 Å². The number of benzene rings is 1. The summed E-state index contributed by atoms with van der Waals surface area (Å²) in [7, 11) is 1.22. The monoisotopic (exact) mass is 673 g/mol. The van der Waals surface area contributed by atoms with E-state index < -0.39 is 10.0 Å². The van der Waals surface area contributed by atoms with Crippen LogP contribution in [0.5, 0.6) is 5.88 Å². The van der Waals surface area contributed by atoms with Gasteiger partial charge in [-0.2, -0.15) is 9.97 Å². The summed E-state index contributed by atoms with van der Waals surface area (Å²) >= 11 is 0. The second-order valence-electron chi connectivity index (χ2n) is 12.0. The van der Waals surface area contributed by atoms with Crippen molar-refractivity contribution in [2.45, 2.75) is 37.1 Å². The number of piperazine rings is 1. The van der Waals surface area contributed by atoms with Crippen molar-refractivity contribution in [3.63, 3.8) is 0 Å².